The lowest BCUT2D eigenvalue weighted by Gasteiger charge is -2.08. The third-order valence-corrected chi connectivity index (χ3v) is 3.25. The second kappa shape index (κ2) is 6.17. The molecule has 0 fully saturated rings. The maximum atomic E-state index is 11.1. The first-order valence-corrected chi connectivity index (χ1v) is 6.78. The van der Waals surface area contributed by atoms with Crippen LogP contribution in [-0.4, -0.2) is 4.92 Å². The summed E-state index contributed by atoms with van der Waals surface area (Å²) >= 11 is 3.25. The van der Waals surface area contributed by atoms with Gasteiger partial charge >= 0.3 is 5.69 Å². The van der Waals surface area contributed by atoms with E-state index in [9.17, 15) is 10.1 Å². The number of alkyl halides is 1. The molecular formula is C14H9BrN2O3. The van der Waals surface area contributed by atoms with E-state index >= 15 is 0 Å². The Morgan fingerprint density at radius 2 is 2.00 bits per heavy atom. The smallest absolute Gasteiger partial charge is 0.311 e. The molecule has 2 aromatic carbocycles. The summed E-state index contributed by atoms with van der Waals surface area (Å²) in [6.07, 6.45) is 0. The Kier molecular flexibility index (Phi) is 4.33. The molecule has 0 spiro atoms. The van der Waals surface area contributed by atoms with Crippen molar-refractivity contribution in [1.29, 1.82) is 5.26 Å². The topological polar surface area (TPSA) is 76.2 Å². The van der Waals surface area contributed by atoms with Crippen molar-refractivity contribution in [2.45, 2.75) is 5.33 Å². The molecule has 2 aromatic rings. The van der Waals surface area contributed by atoms with Gasteiger partial charge in [-0.25, -0.2) is 0 Å². The Morgan fingerprint density at radius 3 is 2.65 bits per heavy atom. The predicted octanol–water partition coefficient (Wildman–Crippen LogP) is 4.15. The van der Waals surface area contributed by atoms with Crippen molar-refractivity contribution in [2.24, 2.45) is 0 Å². The second-order valence-corrected chi connectivity index (χ2v) is 4.46. The van der Waals surface area contributed by atoms with Crippen LogP contribution in [0.3, 0.4) is 0 Å². The number of ether oxygens (including phenoxy) is 1. The Balaban J connectivity index is 2.43. The standard InChI is InChI=1S/C14H9BrN2O3/c15-8-10-5-6-14(12(7-10)17(18)19)20-13-4-2-1-3-11(13)9-16/h1-7H,8H2. The predicted molar refractivity (Wildman–Crippen MR) is 77.0 cm³/mol. The average molecular weight is 333 g/mol. The maximum Gasteiger partial charge on any atom is 0.311 e. The second-order valence-electron chi connectivity index (χ2n) is 3.90. The van der Waals surface area contributed by atoms with Gasteiger partial charge in [0, 0.05) is 11.4 Å². The zero-order valence-electron chi connectivity index (χ0n) is 10.2. The van der Waals surface area contributed by atoms with Crippen LogP contribution in [0.15, 0.2) is 42.5 Å². The fourth-order valence-electron chi connectivity index (χ4n) is 1.64. The highest BCUT2D eigenvalue weighted by Crippen LogP contribution is 2.33. The number of halogens is 1. The van der Waals surface area contributed by atoms with Crippen LogP contribution in [0.4, 0.5) is 5.69 Å². The number of hydrogen-bond donors (Lipinski definition) is 0. The van der Waals surface area contributed by atoms with Crippen molar-refractivity contribution in [3.05, 3.63) is 63.7 Å². The number of nitro groups is 1. The molecule has 0 saturated carbocycles. The molecule has 0 radical (unpaired) electrons. The molecule has 0 heterocycles. The van der Waals surface area contributed by atoms with Gasteiger partial charge < -0.3 is 4.74 Å². The summed E-state index contributed by atoms with van der Waals surface area (Å²) in [4.78, 5) is 10.6. The molecule has 0 unspecified atom stereocenters. The lowest BCUT2D eigenvalue weighted by molar-refractivity contribution is -0.385. The third kappa shape index (κ3) is 2.95. The molecule has 0 aromatic heterocycles. The number of hydrogen-bond acceptors (Lipinski definition) is 4. The third-order valence-electron chi connectivity index (χ3n) is 2.60. The summed E-state index contributed by atoms with van der Waals surface area (Å²) in [5.41, 5.74) is 0.971. The lowest BCUT2D eigenvalue weighted by Crippen LogP contribution is -1.95. The molecule has 20 heavy (non-hydrogen) atoms. The molecule has 0 aliphatic rings. The molecule has 0 atom stereocenters. The molecule has 5 nitrogen and oxygen atoms in total. The van der Waals surface area contributed by atoms with Gasteiger partial charge in [0.15, 0.2) is 0 Å². The van der Waals surface area contributed by atoms with Crippen molar-refractivity contribution in [2.75, 3.05) is 0 Å². The largest absolute Gasteiger partial charge is 0.449 e. The highest BCUT2D eigenvalue weighted by molar-refractivity contribution is 9.08. The number of nitriles is 1. The number of benzene rings is 2. The van der Waals surface area contributed by atoms with Crippen molar-refractivity contribution in [3.63, 3.8) is 0 Å². The van der Waals surface area contributed by atoms with Crippen molar-refractivity contribution in [3.8, 4) is 17.6 Å². The van der Waals surface area contributed by atoms with Crippen LogP contribution in [0.25, 0.3) is 0 Å². The van der Waals surface area contributed by atoms with E-state index < -0.39 is 4.92 Å². The van der Waals surface area contributed by atoms with Crippen molar-refractivity contribution in [1.82, 2.24) is 0 Å². The van der Waals surface area contributed by atoms with E-state index in [1.807, 2.05) is 6.07 Å². The average Bonchev–Trinajstić information content (AvgIpc) is 2.48. The van der Waals surface area contributed by atoms with E-state index in [0.29, 0.717) is 16.6 Å². The van der Waals surface area contributed by atoms with E-state index in [4.69, 9.17) is 10.00 Å². The summed E-state index contributed by atoms with van der Waals surface area (Å²) in [5, 5.41) is 20.6. The van der Waals surface area contributed by atoms with E-state index in [0.717, 1.165) is 5.56 Å². The SMILES string of the molecule is N#Cc1ccccc1Oc1ccc(CBr)cc1[N+](=O)[O-]. The van der Waals surface area contributed by atoms with Gasteiger partial charge in [-0.15, -0.1) is 0 Å². The van der Waals surface area contributed by atoms with Crippen molar-refractivity contribution >= 4 is 21.6 Å². The molecule has 0 saturated heterocycles. The van der Waals surface area contributed by atoms with Crippen LogP contribution in [0.1, 0.15) is 11.1 Å². The number of para-hydroxylation sites is 1. The van der Waals surface area contributed by atoms with E-state index in [-0.39, 0.29) is 11.4 Å². The van der Waals surface area contributed by atoms with E-state index in [1.165, 1.54) is 12.1 Å². The lowest BCUT2D eigenvalue weighted by atomic mass is 10.2. The van der Waals surface area contributed by atoms with Gasteiger partial charge in [-0.2, -0.15) is 5.26 Å². The van der Waals surface area contributed by atoms with Gasteiger partial charge in [0.25, 0.3) is 0 Å². The highest BCUT2D eigenvalue weighted by atomic mass is 79.9. The number of nitro benzene ring substituents is 1. The first-order valence-electron chi connectivity index (χ1n) is 5.66. The molecule has 100 valence electrons. The minimum Gasteiger partial charge on any atom is -0.449 e. The molecule has 0 N–H and O–H groups in total. The molecule has 6 heteroatoms. The molecule has 2 rings (SSSR count). The fourth-order valence-corrected chi connectivity index (χ4v) is 1.99. The Morgan fingerprint density at radius 1 is 1.25 bits per heavy atom. The highest BCUT2D eigenvalue weighted by Gasteiger charge is 2.17. The van der Waals surface area contributed by atoms with Gasteiger partial charge in [-0.3, -0.25) is 10.1 Å². The van der Waals surface area contributed by atoms with Gasteiger partial charge in [0.1, 0.15) is 11.8 Å². The molecule has 0 bridgehead atoms. The fraction of sp³-hybridized carbons (Fsp3) is 0.0714. The zero-order chi connectivity index (χ0) is 14.5. The number of rotatable bonds is 4. The summed E-state index contributed by atoms with van der Waals surface area (Å²) in [6.45, 7) is 0. The van der Waals surface area contributed by atoms with Crippen LogP contribution in [0.2, 0.25) is 0 Å². The summed E-state index contributed by atoms with van der Waals surface area (Å²) < 4.78 is 5.51. The minimum absolute atomic E-state index is 0.113. The normalized spacial score (nSPS) is 9.80. The Bertz CT molecular complexity index is 695. The van der Waals surface area contributed by atoms with Gasteiger partial charge in [-0.05, 0) is 23.8 Å². The Labute approximate surface area is 123 Å². The van der Waals surface area contributed by atoms with E-state index in [2.05, 4.69) is 15.9 Å². The first-order chi connectivity index (χ1) is 9.65. The van der Waals surface area contributed by atoms with Gasteiger partial charge in [0.2, 0.25) is 5.75 Å². The van der Waals surface area contributed by atoms with Crippen LogP contribution >= 0.6 is 15.9 Å². The number of nitrogens with zero attached hydrogens (tertiary/aromatic N) is 2. The van der Waals surface area contributed by atoms with E-state index in [1.54, 1.807) is 30.3 Å². The monoisotopic (exact) mass is 332 g/mol. The van der Waals surface area contributed by atoms with Crippen LogP contribution in [0.5, 0.6) is 11.5 Å². The molecule has 0 aliphatic heterocycles. The quantitative estimate of drug-likeness (QED) is 0.478. The molecule has 0 amide bonds. The van der Waals surface area contributed by atoms with Crippen LogP contribution < -0.4 is 4.74 Å². The Hall–Kier alpha value is -2.39. The molecular weight excluding hydrogens is 324 g/mol. The van der Waals surface area contributed by atoms with Crippen molar-refractivity contribution < 1.29 is 9.66 Å². The van der Waals surface area contributed by atoms with Crippen LogP contribution in [0, 0.1) is 21.4 Å². The zero-order valence-corrected chi connectivity index (χ0v) is 11.8. The first kappa shape index (κ1) is 14.0. The minimum atomic E-state index is -0.503. The maximum absolute atomic E-state index is 11.1. The molecule has 0 aliphatic carbocycles. The summed E-state index contributed by atoms with van der Waals surface area (Å²) in [6, 6.07) is 13.3. The van der Waals surface area contributed by atoms with Gasteiger partial charge in [-0.1, -0.05) is 34.1 Å². The summed E-state index contributed by atoms with van der Waals surface area (Å²) in [7, 11) is 0. The van der Waals surface area contributed by atoms with Gasteiger partial charge in [0.05, 0.1) is 10.5 Å². The summed E-state index contributed by atoms with van der Waals surface area (Å²) in [5.74, 6) is 0.409. The van der Waals surface area contributed by atoms with Crippen LogP contribution in [-0.2, 0) is 5.33 Å².